The maximum absolute atomic E-state index is 15.1. The van der Waals surface area contributed by atoms with Crippen molar-refractivity contribution >= 4 is 50.7 Å². The van der Waals surface area contributed by atoms with Crippen LogP contribution in [0.2, 0.25) is 5.02 Å². The molecule has 0 bridgehead atoms. The Morgan fingerprint density at radius 1 is 1.00 bits per heavy atom. The van der Waals surface area contributed by atoms with Crippen LogP contribution in [-0.4, -0.2) is 47.7 Å². The van der Waals surface area contributed by atoms with Crippen molar-refractivity contribution in [2.45, 2.75) is 38.8 Å². The van der Waals surface area contributed by atoms with Crippen LogP contribution in [0.15, 0.2) is 94.0 Å². The van der Waals surface area contributed by atoms with E-state index >= 15 is 4.79 Å². The van der Waals surface area contributed by atoms with Gasteiger partial charge in [-0.1, -0.05) is 41.9 Å². The lowest BCUT2D eigenvalue weighted by Crippen LogP contribution is -2.49. The van der Waals surface area contributed by atoms with Gasteiger partial charge in [0.2, 0.25) is 11.8 Å². The van der Waals surface area contributed by atoms with Crippen LogP contribution in [-0.2, 0) is 23.2 Å². The second-order valence-electron chi connectivity index (χ2n) is 14.0. The molecule has 268 valence electrons. The Bertz CT molecular complexity index is 2700. The first-order valence-electron chi connectivity index (χ1n) is 17.1. The SMILES string of the molecule is COc1cc([C@H]2C3=CCn4c(=O)n(-c5ccccc5)c(=O)n4[C@@H]3C[C@H]3C(=O)N(c4cc(-c5sc6ccc(Cl)cc6c5C)nn4C)C(=O)[C@@]23C)ccc1O. The van der Waals surface area contributed by atoms with Crippen LogP contribution < -0.4 is 21.0 Å². The molecule has 0 unspecified atom stereocenters. The van der Waals surface area contributed by atoms with Crippen LogP contribution in [0.4, 0.5) is 5.82 Å². The Kier molecular flexibility index (Phi) is 7.31. The number of ether oxygens (including phenoxy) is 1. The Morgan fingerprint density at radius 2 is 1.77 bits per heavy atom. The lowest BCUT2D eigenvalue weighted by Gasteiger charge is -2.47. The smallest absolute Gasteiger partial charge is 0.352 e. The van der Waals surface area contributed by atoms with E-state index in [9.17, 15) is 19.5 Å². The molecular weight excluding hydrogens is 716 g/mol. The second-order valence-corrected chi connectivity index (χ2v) is 15.5. The number of imide groups is 1. The van der Waals surface area contributed by atoms with Gasteiger partial charge in [0, 0.05) is 28.8 Å². The number of rotatable bonds is 5. The summed E-state index contributed by atoms with van der Waals surface area (Å²) in [6, 6.07) is 20.4. The highest BCUT2D eigenvalue weighted by molar-refractivity contribution is 7.22. The van der Waals surface area contributed by atoms with Crippen LogP contribution in [0.25, 0.3) is 26.3 Å². The van der Waals surface area contributed by atoms with Crippen molar-refractivity contribution in [3.63, 3.8) is 0 Å². The normalized spacial score (nSPS) is 22.2. The molecule has 6 aromatic rings. The van der Waals surface area contributed by atoms with Crippen LogP contribution >= 0.6 is 22.9 Å². The van der Waals surface area contributed by atoms with Crippen LogP contribution in [0.5, 0.6) is 11.5 Å². The van der Waals surface area contributed by atoms with E-state index in [0.717, 1.165) is 30.7 Å². The molecule has 2 amide bonds. The fraction of sp³-hybridized carbons (Fsp3) is 0.256. The number of phenolic OH excluding ortho intramolecular Hbond substituents is 1. The van der Waals surface area contributed by atoms with Gasteiger partial charge < -0.3 is 9.84 Å². The number of hydrogen-bond acceptors (Lipinski definition) is 8. The number of thiophene rings is 1. The molecule has 3 aliphatic rings. The number of methoxy groups -OCH3 is 1. The number of carbonyl (C=O) groups excluding carboxylic acids is 2. The molecule has 3 aromatic carbocycles. The maximum Gasteiger partial charge on any atom is 0.352 e. The van der Waals surface area contributed by atoms with E-state index in [1.54, 1.807) is 78.5 Å². The van der Waals surface area contributed by atoms with Crippen LogP contribution in [0.1, 0.15) is 36.4 Å². The number of halogens is 1. The van der Waals surface area contributed by atoms with Crippen molar-refractivity contribution in [2.75, 3.05) is 12.0 Å². The number of allylic oxidation sites excluding steroid dienone is 2. The Labute approximate surface area is 311 Å². The predicted molar refractivity (Wildman–Crippen MR) is 201 cm³/mol. The Morgan fingerprint density at radius 3 is 2.53 bits per heavy atom. The quantitative estimate of drug-likeness (QED) is 0.170. The molecule has 3 aromatic heterocycles. The first-order valence-corrected chi connectivity index (χ1v) is 18.3. The van der Waals surface area contributed by atoms with Crippen molar-refractivity contribution in [2.24, 2.45) is 18.4 Å². The first-order chi connectivity index (χ1) is 25.4. The van der Waals surface area contributed by atoms with E-state index in [4.69, 9.17) is 21.4 Å². The Hall–Kier alpha value is -5.66. The molecule has 5 heterocycles. The third-order valence-electron chi connectivity index (χ3n) is 11.3. The van der Waals surface area contributed by atoms with Gasteiger partial charge in [-0.15, -0.1) is 11.3 Å². The lowest BCUT2D eigenvalue weighted by molar-refractivity contribution is -0.129. The van der Waals surface area contributed by atoms with Gasteiger partial charge in [0.25, 0.3) is 0 Å². The maximum atomic E-state index is 15.1. The number of nitrogens with zero attached hydrogens (tertiary/aromatic N) is 6. The summed E-state index contributed by atoms with van der Waals surface area (Å²) >= 11 is 7.87. The fourth-order valence-electron chi connectivity index (χ4n) is 8.76. The number of phenols is 1. The highest BCUT2D eigenvalue weighted by Crippen LogP contribution is 2.61. The number of aryl methyl sites for hydroxylation is 2. The summed E-state index contributed by atoms with van der Waals surface area (Å²) in [5, 5.41) is 17.0. The Balaban J connectivity index is 1.20. The van der Waals surface area contributed by atoms with E-state index in [0.29, 0.717) is 27.8 Å². The minimum Gasteiger partial charge on any atom is -0.504 e. The third-order valence-corrected chi connectivity index (χ3v) is 12.8. The van der Waals surface area contributed by atoms with Gasteiger partial charge in [0.15, 0.2) is 11.5 Å². The van der Waals surface area contributed by atoms with E-state index in [1.165, 1.54) is 27.4 Å². The van der Waals surface area contributed by atoms with E-state index in [2.05, 4.69) is 0 Å². The second kappa shape index (κ2) is 11.7. The standard InChI is InChI=1S/C39H33ClN6O6S/c1-20-25-17-22(40)11-13-31(25)53-34(20)27-19-32(42(3)41-27)45-35(48)26-18-28-24(33(39(26,2)36(45)49)21-10-12-29(47)30(16-21)52-4)14-15-43-37(50)44(38(51)46(28)43)23-8-6-5-7-9-23/h5-14,16-17,19,26,28,33,47H,15,18H2,1-4H3/t26-,28+,33-,39+/m0/s1. The molecule has 1 aliphatic carbocycles. The van der Waals surface area contributed by atoms with Gasteiger partial charge in [-0.2, -0.15) is 5.10 Å². The largest absolute Gasteiger partial charge is 0.504 e. The lowest BCUT2D eigenvalue weighted by atomic mass is 9.56. The topological polar surface area (TPSA) is 134 Å². The molecule has 14 heteroatoms. The molecule has 12 nitrogen and oxygen atoms in total. The summed E-state index contributed by atoms with van der Waals surface area (Å²) in [5.41, 5.74) is 1.06. The summed E-state index contributed by atoms with van der Waals surface area (Å²) in [6.07, 6.45) is 2.00. The zero-order valence-corrected chi connectivity index (χ0v) is 30.7. The van der Waals surface area contributed by atoms with E-state index in [-0.39, 0.29) is 24.5 Å². The van der Waals surface area contributed by atoms with Crippen molar-refractivity contribution in [1.29, 1.82) is 0 Å². The monoisotopic (exact) mass is 748 g/mol. The zero-order chi connectivity index (χ0) is 37.1. The van der Waals surface area contributed by atoms with Crippen LogP contribution in [0, 0.1) is 18.3 Å². The van der Waals surface area contributed by atoms with Crippen molar-refractivity contribution < 1.29 is 19.4 Å². The molecular formula is C39H33ClN6O6S. The van der Waals surface area contributed by atoms with E-state index in [1.807, 2.05) is 31.2 Å². The molecule has 0 radical (unpaired) electrons. The molecule has 2 fully saturated rings. The zero-order valence-electron chi connectivity index (χ0n) is 29.1. The van der Waals surface area contributed by atoms with Gasteiger partial charge in [0.1, 0.15) is 11.5 Å². The highest BCUT2D eigenvalue weighted by atomic mass is 35.5. The molecule has 1 saturated carbocycles. The number of para-hydroxylation sites is 1. The summed E-state index contributed by atoms with van der Waals surface area (Å²) in [7, 11) is 3.15. The van der Waals surface area contributed by atoms with Crippen LogP contribution in [0.3, 0.4) is 0 Å². The van der Waals surface area contributed by atoms with Gasteiger partial charge in [-0.05, 0) is 84.8 Å². The fourth-order valence-corrected chi connectivity index (χ4v) is 10.1. The number of aromatic hydroxyl groups is 1. The number of carbonyl (C=O) groups is 2. The highest BCUT2D eigenvalue weighted by Gasteiger charge is 2.66. The molecule has 1 N–H and O–H groups in total. The number of anilines is 1. The number of hydrogen-bond donors (Lipinski definition) is 1. The summed E-state index contributed by atoms with van der Waals surface area (Å²) in [5.74, 6) is -1.99. The van der Waals surface area contributed by atoms with E-state index < -0.39 is 46.5 Å². The summed E-state index contributed by atoms with van der Waals surface area (Å²) < 4.78 is 12.0. The molecule has 9 rings (SSSR count). The molecule has 4 atom stereocenters. The van der Waals surface area contributed by atoms with Gasteiger partial charge in [-0.3, -0.25) is 14.3 Å². The number of amides is 2. The summed E-state index contributed by atoms with van der Waals surface area (Å²) in [4.78, 5) is 60.0. The average molecular weight is 749 g/mol. The number of fused-ring (bicyclic) bond motifs is 5. The summed E-state index contributed by atoms with van der Waals surface area (Å²) in [6.45, 7) is 3.89. The predicted octanol–water partition coefficient (Wildman–Crippen LogP) is 5.96. The molecule has 2 aliphatic heterocycles. The molecule has 0 spiro atoms. The van der Waals surface area contributed by atoms with Crippen molar-refractivity contribution in [3.05, 3.63) is 122 Å². The number of aromatic nitrogens is 5. The minimum absolute atomic E-state index is 0.0791. The molecule has 53 heavy (non-hydrogen) atoms. The van der Waals surface area contributed by atoms with Gasteiger partial charge >= 0.3 is 11.4 Å². The first kappa shape index (κ1) is 33.2. The van der Waals surface area contributed by atoms with Crippen molar-refractivity contribution in [1.82, 2.24) is 23.7 Å². The third kappa shape index (κ3) is 4.56. The average Bonchev–Trinajstić information content (AvgIpc) is 3.82. The van der Waals surface area contributed by atoms with Gasteiger partial charge in [0.05, 0.1) is 41.6 Å². The van der Waals surface area contributed by atoms with Crippen molar-refractivity contribution in [3.8, 4) is 27.8 Å². The number of benzene rings is 3. The minimum atomic E-state index is -1.32. The molecule has 1 saturated heterocycles. The van der Waals surface area contributed by atoms with Gasteiger partial charge in [-0.25, -0.2) is 28.4 Å².